The molecule has 0 radical (unpaired) electrons. The van der Waals surface area contributed by atoms with Crippen LogP contribution in [0.2, 0.25) is 0 Å². The van der Waals surface area contributed by atoms with Crippen LogP contribution in [0.5, 0.6) is 0 Å². The number of nitrogens with one attached hydrogen (secondary N) is 1. The molecule has 114 valence electrons. The zero-order valence-corrected chi connectivity index (χ0v) is 12.7. The molecule has 22 heavy (non-hydrogen) atoms. The van der Waals surface area contributed by atoms with Crippen molar-refractivity contribution in [2.24, 2.45) is 0 Å². The maximum atomic E-state index is 4.24. The van der Waals surface area contributed by atoms with Crippen LogP contribution in [0.4, 0.5) is 5.82 Å². The summed E-state index contributed by atoms with van der Waals surface area (Å²) in [7, 11) is 0. The van der Waals surface area contributed by atoms with Crippen molar-refractivity contribution in [1.82, 2.24) is 14.9 Å². The van der Waals surface area contributed by atoms with Crippen LogP contribution >= 0.6 is 0 Å². The van der Waals surface area contributed by atoms with Crippen LogP contribution in [0, 0.1) is 0 Å². The molecule has 1 saturated heterocycles. The number of hydrogen-bond donors (Lipinski definition) is 1. The lowest BCUT2D eigenvalue weighted by Crippen LogP contribution is -2.42. The maximum Gasteiger partial charge on any atom is 0.129 e. The molecular weight excluding hydrogens is 272 g/mol. The number of anilines is 1. The summed E-state index contributed by atoms with van der Waals surface area (Å²) in [6, 6.07) is 12.8. The van der Waals surface area contributed by atoms with Crippen molar-refractivity contribution in [2.45, 2.75) is 18.9 Å². The summed E-state index contributed by atoms with van der Waals surface area (Å²) < 4.78 is 0. The van der Waals surface area contributed by atoms with Gasteiger partial charge in [-0.3, -0.25) is 4.90 Å². The Labute approximate surface area is 131 Å². The van der Waals surface area contributed by atoms with E-state index >= 15 is 0 Å². The van der Waals surface area contributed by atoms with Gasteiger partial charge in [0.05, 0.1) is 0 Å². The first kappa shape index (κ1) is 14.7. The SMILES string of the molecule is C(=C\c1ccccc1)/CN1CCCC(Nc2ccncn2)C1. The highest BCUT2D eigenvalue weighted by Gasteiger charge is 2.18. The van der Waals surface area contributed by atoms with Gasteiger partial charge in [-0.25, -0.2) is 9.97 Å². The summed E-state index contributed by atoms with van der Waals surface area (Å²) in [5, 5.41) is 3.50. The van der Waals surface area contributed by atoms with Gasteiger partial charge in [-0.05, 0) is 31.0 Å². The highest BCUT2D eigenvalue weighted by Crippen LogP contribution is 2.14. The molecule has 4 nitrogen and oxygen atoms in total. The van der Waals surface area contributed by atoms with Gasteiger partial charge in [0.15, 0.2) is 0 Å². The number of nitrogens with zero attached hydrogens (tertiary/aromatic N) is 3. The molecule has 1 aliphatic heterocycles. The molecule has 1 aromatic carbocycles. The standard InChI is InChI=1S/C18H22N4/c1-2-6-16(7-3-1)8-4-12-22-13-5-9-17(14-22)21-18-10-11-19-15-20-18/h1-4,6-8,10-11,15,17H,5,9,12-14H2,(H,19,20,21)/b8-4+. The topological polar surface area (TPSA) is 41.0 Å². The largest absolute Gasteiger partial charge is 0.366 e. The second-order valence-corrected chi connectivity index (χ2v) is 5.65. The van der Waals surface area contributed by atoms with Gasteiger partial charge in [0.25, 0.3) is 0 Å². The summed E-state index contributed by atoms with van der Waals surface area (Å²) in [6.07, 6.45) is 10.2. The lowest BCUT2D eigenvalue weighted by molar-refractivity contribution is 0.237. The molecule has 1 N–H and O–H groups in total. The quantitative estimate of drug-likeness (QED) is 0.920. The lowest BCUT2D eigenvalue weighted by Gasteiger charge is -2.32. The van der Waals surface area contributed by atoms with Crippen molar-refractivity contribution in [3.8, 4) is 0 Å². The molecule has 2 heterocycles. The summed E-state index contributed by atoms with van der Waals surface area (Å²) in [5.41, 5.74) is 1.26. The average Bonchev–Trinajstić information content (AvgIpc) is 2.57. The Hall–Kier alpha value is -2.20. The third-order valence-corrected chi connectivity index (χ3v) is 3.91. The van der Waals surface area contributed by atoms with Gasteiger partial charge in [-0.15, -0.1) is 0 Å². The first-order valence-corrected chi connectivity index (χ1v) is 7.87. The lowest BCUT2D eigenvalue weighted by atomic mass is 10.1. The molecule has 0 aliphatic carbocycles. The Kier molecular flexibility index (Phi) is 5.16. The molecule has 2 aromatic rings. The Morgan fingerprint density at radius 2 is 2.14 bits per heavy atom. The number of aromatic nitrogens is 2. The Balaban J connectivity index is 1.49. The minimum absolute atomic E-state index is 0.466. The minimum Gasteiger partial charge on any atom is -0.366 e. The van der Waals surface area contributed by atoms with Crippen molar-refractivity contribution in [1.29, 1.82) is 0 Å². The predicted molar refractivity (Wildman–Crippen MR) is 90.6 cm³/mol. The van der Waals surface area contributed by atoms with Crippen molar-refractivity contribution in [3.63, 3.8) is 0 Å². The van der Waals surface area contributed by atoms with E-state index in [2.05, 4.69) is 56.6 Å². The van der Waals surface area contributed by atoms with E-state index in [4.69, 9.17) is 0 Å². The molecule has 1 fully saturated rings. The summed E-state index contributed by atoms with van der Waals surface area (Å²) in [6.45, 7) is 3.22. The van der Waals surface area contributed by atoms with E-state index in [1.165, 1.54) is 24.9 Å². The van der Waals surface area contributed by atoms with Crippen molar-refractivity contribution in [2.75, 3.05) is 25.0 Å². The Bertz CT molecular complexity index is 583. The van der Waals surface area contributed by atoms with Crippen molar-refractivity contribution in [3.05, 3.63) is 60.6 Å². The van der Waals surface area contributed by atoms with Gasteiger partial charge in [0.1, 0.15) is 12.1 Å². The van der Waals surface area contributed by atoms with Gasteiger partial charge in [0.2, 0.25) is 0 Å². The molecule has 1 atom stereocenters. The van der Waals surface area contributed by atoms with Crippen molar-refractivity contribution >= 4 is 11.9 Å². The zero-order chi connectivity index (χ0) is 15.0. The molecule has 0 amide bonds. The fraction of sp³-hybridized carbons (Fsp3) is 0.333. The van der Waals surface area contributed by atoms with Gasteiger partial charge in [-0.1, -0.05) is 42.5 Å². The van der Waals surface area contributed by atoms with Crippen LogP contribution < -0.4 is 5.32 Å². The van der Waals surface area contributed by atoms with Crippen LogP contribution in [0.15, 0.2) is 55.0 Å². The fourth-order valence-corrected chi connectivity index (χ4v) is 2.83. The van der Waals surface area contributed by atoms with E-state index < -0.39 is 0 Å². The first-order valence-electron chi connectivity index (χ1n) is 7.87. The van der Waals surface area contributed by atoms with Crippen LogP contribution in [0.1, 0.15) is 18.4 Å². The average molecular weight is 294 g/mol. The zero-order valence-electron chi connectivity index (χ0n) is 12.7. The molecule has 0 saturated carbocycles. The molecule has 1 aromatic heterocycles. The number of piperidine rings is 1. The summed E-state index contributed by atoms with van der Waals surface area (Å²) >= 11 is 0. The third-order valence-electron chi connectivity index (χ3n) is 3.91. The molecule has 0 spiro atoms. The van der Waals surface area contributed by atoms with E-state index in [-0.39, 0.29) is 0 Å². The van der Waals surface area contributed by atoms with Crippen LogP contribution in [0.25, 0.3) is 6.08 Å². The minimum atomic E-state index is 0.466. The van der Waals surface area contributed by atoms with E-state index in [1.807, 2.05) is 12.1 Å². The van der Waals surface area contributed by atoms with E-state index in [1.54, 1.807) is 12.5 Å². The van der Waals surface area contributed by atoms with Gasteiger partial charge in [0, 0.05) is 25.3 Å². The van der Waals surface area contributed by atoms with E-state index in [9.17, 15) is 0 Å². The summed E-state index contributed by atoms with van der Waals surface area (Å²) in [4.78, 5) is 10.7. The number of hydrogen-bond acceptors (Lipinski definition) is 4. The third kappa shape index (κ3) is 4.40. The second-order valence-electron chi connectivity index (χ2n) is 5.65. The van der Waals surface area contributed by atoms with Crippen LogP contribution in [-0.4, -0.2) is 40.5 Å². The van der Waals surface area contributed by atoms with Crippen molar-refractivity contribution < 1.29 is 0 Å². The van der Waals surface area contributed by atoms with Gasteiger partial charge < -0.3 is 5.32 Å². The van der Waals surface area contributed by atoms with E-state index in [0.29, 0.717) is 6.04 Å². The second kappa shape index (κ2) is 7.71. The highest BCUT2D eigenvalue weighted by molar-refractivity contribution is 5.48. The summed E-state index contributed by atoms with van der Waals surface area (Å²) in [5.74, 6) is 0.918. The molecule has 4 heteroatoms. The van der Waals surface area contributed by atoms with Gasteiger partial charge >= 0.3 is 0 Å². The normalized spacial score (nSPS) is 19.4. The van der Waals surface area contributed by atoms with Crippen LogP contribution in [0.3, 0.4) is 0 Å². The smallest absolute Gasteiger partial charge is 0.129 e. The predicted octanol–water partition coefficient (Wildman–Crippen LogP) is 3.07. The Morgan fingerprint density at radius 1 is 1.23 bits per heavy atom. The van der Waals surface area contributed by atoms with Crippen LogP contribution in [-0.2, 0) is 0 Å². The first-order chi connectivity index (χ1) is 10.9. The number of likely N-dealkylation sites (tertiary alicyclic amines) is 1. The number of benzene rings is 1. The maximum absolute atomic E-state index is 4.24. The molecule has 0 bridgehead atoms. The molecule has 1 unspecified atom stereocenters. The number of rotatable bonds is 5. The molecule has 3 rings (SSSR count). The van der Waals surface area contributed by atoms with Gasteiger partial charge in [-0.2, -0.15) is 0 Å². The molecular formula is C18H22N4. The molecule has 1 aliphatic rings. The highest BCUT2D eigenvalue weighted by atomic mass is 15.2. The monoisotopic (exact) mass is 294 g/mol. The Morgan fingerprint density at radius 3 is 2.95 bits per heavy atom. The van der Waals surface area contributed by atoms with E-state index in [0.717, 1.165) is 18.9 Å². The fourth-order valence-electron chi connectivity index (χ4n) is 2.83.